The first kappa shape index (κ1) is 17.3. The van der Waals surface area contributed by atoms with Gasteiger partial charge >= 0.3 is 6.18 Å². The van der Waals surface area contributed by atoms with E-state index in [2.05, 4.69) is 10.6 Å². The number of nitrogens with one attached hydrogen (secondary N) is 2. The molecule has 2 N–H and O–H groups in total. The molecule has 25 heavy (non-hydrogen) atoms. The highest BCUT2D eigenvalue weighted by atomic mass is 19.4. The van der Waals surface area contributed by atoms with Crippen LogP contribution in [-0.2, 0) is 22.2 Å². The molecule has 0 saturated carbocycles. The van der Waals surface area contributed by atoms with Crippen LogP contribution in [-0.4, -0.2) is 24.9 Å². The third-order valence-corrected chi connectivity index (χ3v) is 4.34. The second-order valence-corrected chi connectivity index (χ2v) is 6.19. The van der Waals surface area contributed by atoms with Gasteiger partial charge < -0.3 is 10.6 Å². The molecule has 1 aromatic rings. The quantitative estimate of drug-likeness (QED) is 0.876. The minimum atomic E-state index is -4.38. The van der Waals surface area contributed by atoms with E-state index in [1.165, 1.54) is 12.1 Å². The van der Waals surface area contributed by atoms with Gasteiger partial charge in [0, 0.05) is 18.7 Å². The van der Waals surface area contributed by atoms with Gasteiger partial charge in [0.2, 0.25) is 11.8 Å². The highest BCUT2D eigenvalue weighted by molar-refractivity contribution is 5.98. The van der Waals surface area contributed by atoms with Crippen LogP contribution < -0.4 is 10.6 Å². The molecule has 1 atom stereocenters. The molecule has 4 nitrogen and oxygen atoms in total. The Balaban J connectivity index is 1.49. The summed E-state index contributed by atoms with van der Waals surface area (Å²) in [5.41, 5.74) is 1.55. The third kappa shape index (κ3) is 4.10. The summed E-state index contributed by atoms with van der Waals surface area (Å²) >= 11 is 0. The van der Waals surface area contributed by atoms with Gasteiger partial charge in [-0.3, -0.25) is 9.59 Å². The van der Waals surface area contributed by atoms with Gasteiger partial charge in [0.1, 0.15) is 0 Å². The summed E-state index contributed by atoms with van der Waals surface area (Å²) in [4.78, 5) is 23.6. The van der Waals surface area contributed by atoms with E-state index in [4.69, 9.17) is 0 Å². The molecule has 1 unspecified atom stereocenters. The summed E-state index contributed by atoms with van der Waals surface area (Å²) in [5.74, 6) is -0.275. The zero-order valence-electron chi connectivity index (χ0n) is 13.3. The van der Waals surface area contributed by atoms with Crippen molar-refractivity contribution in [2.45, 2.75) is 19.0 Å². The molecule has 0 saturated heterocycles. The minimum Gasteiger partial charge on any atom is -0.355 e. The molecule has 1 heterocycles. The number of hydrogen-bond acceptors (Lipinski definition) is 2. The van der Waals surface area contributed by atoms with Crippen LogP contribution in [0.15, 0.2) is 47.6 Å². The number of carbonyl (C=O) groups is 2. The van der Waals surface area contributed by atoms with Crippen molar-refractivity contribution in [3.8, 4) is 0 Å². The first-order valence-corrected chi connectivity index (χ1v) is 7.94. The van der Waals surface area contributed by atoms with Crippen LogP contribution in [0.25, 0.3) is 0 Å². The van der Waals surface area contributed by atoms with Crippen LogP contribution in [0.2, 0.25) is 0 Å². The van der Waals surface area contributed by atoms with Crippen LogP contribution in [0.5, 0.6) is 0 Å². The standard InChI is InChI=1S/C18H17F3N2O2/c19-18(20,21)14-5-2-11(3-6-14)8-16(24)22-9-12-1-4-13-10-23-17(25)15(13)7-12/h1-6,12H,7-10H2,(H,22,24)(H,23,25). The fourth-order valence-corrected chi connectivity index (χ4v) is 2.95. The van der Waals surface area contributed by atoms with Crippen molar-refractivity contribution >= 4 is 11.8 Å². The fourth-order valence-electron chi connectivity index (χ4n) is 2.95. The molecule has 0 radical (unpaired) electrons. The van der Waals surface area contributed by atoms with Crippen LogP contribution in [0.3, 0.4) is 0 Å². The second-order valence-electron chi connectivity index (χ2n) is 6.19. The van der Waals surface area contributed by atoms with Crippen molar-refractivity contribution < 1.29 is 22.8 Å². The van der Waals surface area contributed by atoms with E-state index < -0.39 is 11.7 Å². The molecule has 0 aromatic heterocycles. The van der Waals surface area contributed by atoms with E-state index in [0.717, 1.165) is 23.3 Å². The van der Waals surface area contributed by atoms with Crippen molar-refractivity contribution in [2.75, 3.05) is 13.1 Å². The molecule has 7 heteroatoms. The summed E-state index contributed by atoms with van der Waals surface area (Å²) in [6.45, 7) is 0.942. The average molecular weight is 350 g/mol. The normalized spacial score (nSPS) is 19.6. The Morgan fingerprint density at radius 2 is 1.96 bits per heavy atom. The molecule has 1 aliphatic heterocycles. The van der Waals surface area contributed by atoms with Crippen LogP contribution in [0.1, 0.15) is 17.5 Å². The summed E-state index contributed by atoms with van der Waals surface area (Å²) in [7, 11) is 0. The predicted octanol–water partition coefficient (Wildman–Crippen LogP) is 2.37. The Hall–Kier alpha value is -2.57. The molecule has 1 aliphatic carbocycles. The van der Waals surface area contributed by atoms with Crippen LogP contribution >= 0.6 is 0 Å². The number of alkyl halides is 3. The van der Waals surface area contributed by atoms with Crippen molar-refractivity contribution in [1.82, 2.24) is 10.6 Å². The largest absolute Gasteiger partial charge is 0.416 e. The smallest absolute Gasteiger partial charge is 0.355 e. The number of hydrogen-bond donors (Lipinski definition) is 2. The maximum atomic E-state index is 12.5. The van der Waals surface area contributed by atoms with E-state index in [1.807, 2.05) is 12.2 Å². The number of carbonyl (C=O) groups excluding carboxylic acids is 2. The SMILES string of the molecule is O=C(Cc1ccc(C(F)(F)F)cc1)NCC1C=CC2=C(C1)C(=O)NC2. The zero-order valence-corrected chi connectivity index (χ0v) is 13.3. The summed E-state index contributed by atoms with van der Waals surface area (Å²) in [6.07, 6.45) is 0.0936. The molecule has 2 aliphatic rings. The van der Waals surface area contributed by atoms with E-state index in [-0.39, 0.29) is 24.2 Å². The second kappa shape index (κ2) is 6.74. The molecule has 0 fully saturated rings. The highest BCUT2D eigenvalue weighted by Gasteiger charge is 2.30. The number of rotatable bonds is 4. The molecule has 132 valence electrons. The first-order chi connectivity index (χ1) is 11.8. The average Bonchev–Trinajstić information content (AvgIpc) is 2.93. The Kier molecular flexibility index (Phi) is 4.65. The lowest BCUT2D eigenvalue weighted by molar-refractivity contribution is -0.137. The van der Waals surface area contributed by atoms with Gasteiger partial charge in [-0.25, -0.2) is 0 Å². The fraction of sp³-hybridized carbons (Fsp3) is 0.333. The summed E-state index contributed by atoms with van der Waals surface area (Å²) in [6, 6.07) is 4.56. The number of halogens is 3. The lowest BCUT2D eigenvalue weighted by Crippen LogP contribution is -2.31. The lowest BCUT2D eigenvalue weighted by atomic mass is 9.91. The Bertz CT molecular complexity index is 749. The molecule has 1 aromatic carbocycles. The predicted molar refractivity (Wildman–Crippen MR) is 85.4 cm³/mol. The van der Waals surface area contributed by atoms with Gasteiger partial charge in [0.05, 0.1) is 12.0 Å². The Morgan fingerprint density at radius 1 is 1.24 bits per heavy atom. The maximum Gasteiger partial charge on any atom is 0.416 e. The van der Waals surface area contributed by atoms with Gasteiger partial charge in [-0.2, -0.15) is 13.2 Å². The summed E-state index contributed by atoms with van der Waals surface area (Å²) < 4.78 is 37.5. The highest BCUT2D eigenvalue weighted by Crippen LogP contribution is 2.29. The monoisotopic (exact) mass is 350 g/mol. The number of benzene rings is 1. The molecule has 0 spiro atoms. The van der Waals surface area contributed by atoms with Crippen molar-refractivity contribution in [1.29, 1.82) is 0 Å². The molecule has 0 bridgehead atoms. The molecular formula is C18H17F3N2O2. The maximum absolute atomic E-state index is 12.5. The van der Waals surface area contributed by atoms with Gasteiger partial charge in [-0.15, -0.1) is 0 Å². The van der Waals surface area contributed by atoms with Gasteiger partial charge in [0.25, 0.3) is 0 Å². The van der Waals surface area contributed by atoms with Crippen molar-refractivity contribution in [3.05, 3.63) is 58.7 Å². The molecule has 3 rings (SSSR count). The summed E-state index contributed by atoms with van der Waals surface area (Å²) in [5, 5.41) is 5.54. The Morgan fingerprint density at radius 3 is 2.64 bits per heavy atom. The van der Waals surface area contributed by atoms with Gasteiger partial charge in [0.15, 0.2) is 0 Å². The molecular weight excluding hydrogens is 333 g/mol. The van der Waals surface area contributed by atoms with E-state index in [1.54, 1.807) is 0 Å². The van der Waals surface area contributed by atoms with Crippen molar-refractivity contribution in [2.24, 2.45) is 5.92 Å². The number of amides is 2. The van der Waals surface area contributed by atoms with E-state index in [0.29, 0.717) is 25.1 Å². The van der Waals surface area contributed by atoms with Crippen molar-refractivity contribution in [3.63, 3.8) is 0 Å². The third-order valence-electron chi connectivity index (χ3n) is 4.34. The van der Waals surface area contributed by atoms with E-state index in [9.17, 15) is 22.8 Å². The van der Waals surface area contributed by atoms with Gasteiger partial charge in [-0.05, 0) is 35.6 Å². The Labute approximate surface area is 142 Å². The molecule has 2 amide bonds. The zero-order chi connectivity index (χ0) is 18.0. The minimum absolute atomic E-state index is 0.0169. The topological polar surface area (TPSA) is 58.2 Å². The first-order valence-electron chi connectivity index (χ1n) is 7.94. The lowest BCUT2D eigenvalue weighted by Gasteiger charge is -2.18. The van der Waals surface area contributed by atoms with Gasteiger partial charge in [-0.1, -0.05) is 24.3 Å². The van der Waals surface area contributed by atoms with Crippen LogP contribution in [0, 0.1) is 5.92 Å². The van der Waals surface area contributed by atoms with Crippen LogP contribution in [0.4, 0.5) is 13.2 Å². The van der Waals surface area contributed by atoms with E-state index >= 15 is 0 Å².